The van der Waals surface area contributed by atoms with Crippen LogP contribution in [-0.4, -0.2) is 22.8 Å². The fourth-order valence-corrected chi connectivity index (χ4v) is 3.90. The van der Waals surface area contributed by atoms with Crippen LogP contribution in [0.25, 0.3) is 10.9 Å². The Balaban J connectivity index is 2.13. The second-order valence-corrected chi connectivity index (χ2v) is 5.53. The van der Waals surface area contributed by atoms with Gasteiger partial charge in [-0.25, -0.2) is 0 Å². The summed E-state index contributed by atoms with van der Waals surface area (Å²) in [5, 5.41) is 10.9. The standard InChI is InChI=1S/C15H18N2O/c1-16-14-11(9-18)3-2-4-12(14)13-10-5-7-17(8-6-10)15(13)16/h2-4,10,18H,5-9H2,1H3. The molecule has 1 aromatic carbocycles. The fraction of sp³-hybridized carbons (Fsp3) is 0.467. The van der Waals surface area contributed by atoms with Gasteiger partial charge in [0.15, 0.2) is 0 Å². The van der Waals surface area contributed by atoms with E-state index in [1.165, 1.54) is 48.2 Å². The number of fused-ring (bicyclic) bond motifs is 3. The van der Waals surface area contributed by atoms with Crippen LogP contribution in [0.3, 0.4) is 0 Å². The Morgan fingerprint density at radius 2 is 2.06 bits per heavy atom. The lowest BCUT2D eigenvalue weighted by atomic mass is 9.84. The molecule has 4 heterocycles. The van der Waals surface area contributed by atoms with E-state index >= 15 is 0 Å². The van der Waals surface area contributed by atoms with Crippen LogP contribution in [0.2, 0.25) is 0 Å². The van der Waals surface area contributed by atoms with Crippen LogP contribution in [0.15, 0.2) is 18.2 Å². The normalized spacial score (nSPS) is 18.7. The van der Waals surface area contributed by atoms with E-state index in [-0.39, 0.29) is 6.61 Å². The topological polar surface area (TPSA) is 28.4 Å². The lowest BCUT2D eigenvalue weighted by Crippen LogP contribution is -2.39. The van der Waals surface area contributed by atoms with Crippen LogP contribution < -0.4 is 4.90 Å². The minimum Gasteiger partial charge on any atom is -0.392 e. The van der Waals surface area contributed by atoms with Gasteiger partial charge in [-0.3, -0.25) is 0 Å². The molecule has 5 rings (SSSR count). The molecule has 1 saturated heterocycles. The molecular weight excluding hydrogens is 224 g/mol. The van der Waals surface area contributed by atoms with Gasteiger partial charge in [0, 0.05) is 36.7 Å². The zero-order valence-electron chi connectivity index (χ0n) is 10.7. The highest BCUT2D eigenvalue weighted by Crippen LogP contribution is 2.47. The lowest BCUT2D eigenvalue weighted by Gasteiger charge is -2.41. The Morgan fingerprint density at radius 1 is 1.28 bits per heavy atom. The molecule has 1 aromatic heterocycles. The SMILES string of the molecule is Cn1c2c(c3cccc(CO)c31)C1CCN2CC1. The summed E-state index contributed by atoms with van der Waals surface area (Å²) in [4.78, 5) is 2.51. The van der Waals surface area contributed by atoms with Crippen molar-refractivity contribution in [3.05, 3.63) is 29.3 Å². The number of aliphatic hydroxyl groups is 1. The lowest BCUT2D eigenvalue weighted by molar-refractivity contribution is 0.283. The van der Waals surface area contributed by atoms with E-state index in [4.69, 9.17) is 0 Å². The van der Waals surface area contributed by atoms with Gasteiger partial charge < -0.3 is 14.6 Å². The van der Waals surface area contributed by atoms with Crippen molar-refractivity contribution in [2.75, 3.05) is 18.0 Å². The van der Waals surface area contributed by atoms with Crippen molar-refractivity contribution in [1.29, 1.82) is 0 Å². The Morgan fingerprint density at radius 3 is 2.78 bits per heavy atom. The first-order chi connectivity index (χ1) is 8.81. The van der Waals surface area contributed by atoms with Crippen LogP contribution >= 0.6 is 0 Å². The molecule has 0 amide bonds. The van der Waals surface area contributed by atoms with E-state index < -0.39 is 0 Å². The molecule has 18 heavy (non-hydrogen) atoms. The molecule has 1 fully saturated rings. The second kappa shape index (κ2) is 3.51. The number of nitrogens with zero attached hydrogens (tertiary/aromatic N) is 2. The fourth-order valence-electron chi connectivity index (χ4n) is 3.90. The van der Waals surface area contributed by atoms with Crippen molar-refractivity contribution in [2.45, 2.75) is 25.4 Å². The molecule has 2 bridgehead atoms. The quantitative estimate of drug-likeness (QED) is 0.831. The molecule has 0 saturated carbocycles. The summed E-state index contributed by atoms with van der Waals surface area (Å²) in [6.07, 6.45) is 2.57. The number of rotatable bonds is 1. The summed E-state index contributed by atoms with van der Waals surface area (Å²) >= 11 is 0. The zero-order valence-corrected chi connectivity index (χ0v) is 10.7. The highest BCUT2D eigenvalue weighted by molar-refractivity contribution is 5.93. The third-order valence-corrected chi connectivity index (χ3v) is 4.68. The Hall–Kier alpha value is -1.48. The Bertz CT molecular complexity index is 621. The summed E-state index contributed by atoms with van der Waals surface area (Å²) in [5.74, 6) is 2.12. The van der Waals surface area contributed by atoms with E-state index in [1.807, 2.05) is 6.07 Å². The highest BCUT2D eigenvalue weighted by atomic mass is 16.3. The van der Waals surface area contributed by atoms with Gasteiger partial charge in [-0.2, -0.15) is 0 Å². The minimum atomic E-state index is 0.124. The smallest absolute Gasteiger partial charge is 0.112 e. The zero-order chi connectivity index (χ0) is 12.3. The minimum absolute atomic E-state index is 0.124. The third kappa shape index (κ3) is 1.13. The van der Waals surface area contributed by atoms with Gasteiger partial charge in [0.2, 0.25) is 0 Å². The molecule has 0 atom stereocenters. The maximum absolute atomic E-state index is 9.54. The van der Waals surface area contributed by atoms with Crippen LogP contribution in [-0.2, 0) is 13.7 Å². The van der Waals surface area contributed by atoms with E-state index in [1.54, 1.807) is 0 Å². The molecule has 94 valence electrons. The summed E-state index contributed by atoms with van der Waals surface area (Å²) in [5.41, 5.74) is 3.80. The number of piperidine rings is 1. The maximum Gasteiger partial charge on any atom is 0.112 e. The van der Waals surface area contributed by atoms with E-state index in [0.717, 1.165) is 11.5 Å². The Labute approximate surface area is 107 Å². The number of hydrogen-bond donors (Lipinski definition) is 1. The van der Waals surface area contributed by atoms with Crippen LogP contribution in [0.4, 0.5) is 5.82 Å². The molecule has 3 aliphatic rings. The second-order valence-electron chi connectivity index (χ2n) is 5.53. The molecule has 0 radical (unpaired) electrons. The number of para-hydroxylation sites is 1. The van der Waals surface area contributed by atoms with Crippen LogP contribution in [0.5, 0.6) is 0 Å². The molecule has 3 aliphatic heterocycles. The number of aliphatic hydroxyl groups excluding tert-OH is 1. The average Bonchev–Trinajstić information content (AvgIpc) is 2.76. The summed E-state index contributed by atoms with van der Waals surface area (Å²) in [6, 6.07) is 6.33. The largest absolute Gasteiger partial charge is 0.392 e. The van der Waals surface area contributed by atoms with Gasteiger partial charge in [-0.15, -0.1) is 0 Å². The number of anilines is 1. The van der Waals surface area contributed by atoms with Gasteiger partial charge in [-0.05, 0) is 18.8 Å². The van der Waals surface area contributed by atoms with Crippen molar-refractivity contribution in [3.8, 4) is 0 Å². The monoisotopic (exact) mass is 242 g/mol. The molecule has 3 heteroatoms. The van der Waals surface area contributed by atoms with Crippen LogP contribution in [0, 0.1) is 0 Å². The summed E-state index contributed by atoms with van der Waals surface area (Å²) in [6.45, 7) is 2.51. The highest BCUT2D eigenvalue weighted by Gasteiger charge is 2.35. The van der Waals surface area contributed by atoms with E-state index in [9.17, 15) is 5.11 Å². The number of aryl methyl sites for hydroxylation is 1. The van der Waals surface area contributed by atoms with Crippen molar-refractivity contribution in [3.63, 3.8) is 0 Å². The Kier molecular flexibility index (Phi) is 2.04. The molecule has 0 spiro atoms. The van der Waals surface area contributed by atoms with Gasteiger partial charge >= 0.3 is 0 Å². The number of benzene rings is 1. The van der Waals surface area contributed by atoms with Crippen LogP contribution in [0.1, 0.15) is 29.9 Å². The summed E-state index contributed by atoms with van der Waals surface area (Å²) < 4.78 is 2.29. The predicted molar refractivity (Wildman–Crippen MR) is 73.0 cm³/mol. The third-order valence-electron chi connectivity index (χ3n) is 4.68. The van der Waals surface area contributed by atoms with Gasteiger partial charge in [-0.1, -0.05) is 18.2 Å². The first kappa shape index (κ1) is 10.4. The predicted octanol–water partition coefficient (Wildman–Crippen LogP) is 2.37. The first-order valence-corrected chi connectivity index (χ1v) is 6.77. The van der Waals surface area contributed by atoms with E-state index in [0.29, 0.717) is 0 Å². The summed E-state index contributed by atoms with van der Waals surface area (Å²) in [7, 11) is 2.14. The first-order valence-electron chi connectivity index (χ1n) is 6.77. The average molecular weight is 242 g/mol. The van der Waals surface area contributed by atoms with Crippen molar-refractivity contribution in [1.82, 2.24) is 4.57 Å². The van der Waals surface area contributed by atoms with Gasteiger partial charge in [0.05, 0.1) is 12.1 Å². The molecule has 1 N–H and O–H groups in total. The van der Waals surface area contributed by atoms with Crippen molar-refractivity contribution < 1.29 is 5.11 Å². The molecule has 0 unspecified atom stereocenters. The maximum atomic E-state index is 9.54. The van der Waals surface area contributed by atoms with E-state index in [2.05, 4.69) is 28.6 Å². The van der Waals surface area contributed by atoms with Gasteiger partial charge in [0.25, 0.3) is 0 Å². The number of aromatic nitrogens is 1. The molecule has 3 nitrogen and oxygen atoms in total. The molecule has 2 aromatic rings. The van der Waals surface area contributed by atoms with Crippen molar-refractivity contribution >= 4 is 16.7 Å². The molecule has 0 aliphatic carbocycles. The van der Waals surface area contributed by atoms with Gasteiger partial charge in [0.1, 0.15) is 5.82 Å². The number of hydrogen-bond acceptors (Lipinski definition) is 2. The molecular formula is C15H18N2O. The van der Waals surface area contributed by atoms with Crippen molar-refractivity contribution in [2.24, 2.45) is 7.05 Å².